The van der Waals surface area contributed by atoms with E-state index in [0.717, 1.165) is 29.5 Å². The minimum Gasteiger partial charge on any atom is -0.426 e. The second-order valence-corrected chi connectivity index (χ2v) is 10.2. The molecular formula is C24H40O3. The van der Waals surface area contributed by atoms with Crippen LogP contribution in [-0.2, 0) is 15.6 Å². The van der Waals surface area contributed by atoms with E-state index < -0.39 is 12.0 Å². The Morgan fingerprint density at radius 1 is 1.04 bits per heavy atom. The second kappa shape index (κ2) is 8.77. The van der Waals surface area contributed by atoms with Gasteiger partial charge in [-0.2, -0.15) is 0 Å². The Hall–Kier alpha value is -1.35. The fourth-order valence-electron chi connectivity index (χ4n) is 3.45. The molecule has 3 atom stereocenters. The number of esters is 1. The molecule has 0 aliphatic rings. The van der Waals surface area contributed by atoms with Crippen molar-refractivity contribution in [3.05, 3.63) is 28.8 Å². The zero-order chi connectivity index (χ0) is 21.2. The number of aliphatic hydroxyl groups excluding tert-OH is 1. The van der Waals surface area contributed by atoms with Crippen molar-refractivity contribution < 1.29 is 14.6 Å². The first kappa shape index (κ1) is 23.7. The van der Waals surface area contributed by atoms with Crippen LogP contribution >= 0.6 is 0 Å². The molecule has 0 aliphatic carbocycles. The van der Waals surface area contributed by atoms with E-state index in [1.54, 1.807) is 6.92 Å². The van der Waals surface area contributed by atoms with E-state index >= 15 is 0 Å². The van der Waals surface area contributed by atoms with E-state index in [1.165, 1.54) is 0 Å². The van der Waals surface area contributed by atoms with Gasteiger partial charge >= 0.3 is 5.97 Å². The average molecular weight is 377 g/mol. The van der Waals surface area contributed by atoms with Crippen LogP contribution < -0.4 is 4.74 Å². The molecule has 1 rings (SSSR count). The van der Waals surface area contributed by atoms with Crippen LogP contribution in [0.1, 0.15) is 91.8 Å². The highest BCUT2D eigenvalue weighted by Crippen LogP contribution is 2.41. The standard InChI is InChI=1S/C24H40O3/c1-11-12-16(3)20(25)17(4)22(26)27-21-18(23(5,6)7)13-15(2)14-19(21)24(8,9)10/h13-14,16-17,20,25H,11-12H2,1-10H3/t16-,17+,20+/m1/s1. The van der Waals surface area contributed by atoms with Gasteiger partial charge in [0.1, 0.15) is 5.75 Å². The molecule has 0 heterocycles. The predicted molar refractivity (Wildman–Crippen MR) is 113 cm³/mol. The minimum atomic E-state index is -0.695. The molecule has 0 bridgehead atoms. The highest BCUT2D eigenvalue weighted by atomic mass is 16.5. The molecule has 1 aromatic rings. The maximum absolute atomic E-state index is 12.9. The Morgan fingerprint density at radius 3 is 1.85 bits per heavy atom. The number of aryl methyl sites for hydroxylation is 1. The van der Waals surface area contributed by atoms with Crippen LogP contribution in [0.4, 0.5) is 0 Å². The van der Waals surface area contributed by atoms with Gasteiger partial charge in [-0.05, 0) is 37.0 Å². The number of ether oxygens (including phenoxy) is 1. The van der Waals surface area contributed by atoms with Crippen molar-refractivity contribution in [1.82, 2.24) is 0 Å². The van der Waals surface area contributed by atoms with Gasteiger partial charge < -0.3 is 9.84 Å². The molecule has 1 N–H and O–H groups in total. The van der Waals surface area contributed by atoms with Crippen LogP contribution in [0.3, 0.4) is 0 Å². The second-order valence-electron chi connectivity index (χ2n) is 10.2. The van der Waals surface area contributed by atoms with Crippen molar-refractivity contribution in [3.63, 3.8) is 0 Å². The molecule has 1 aromatic carbocycles. The number of rotatable bonds is 6. The predicted octanol–water partition coefficient (Wildman–Crippen LogP) is 5.93. The normalized spacial score (nSPS) is 16.0. The molecule has 3 nitrogen and oxygen atoms in total. The summed E-state index contributed by atoms with van der Waals surface area (Å²) >= 11 is 0. The van der Waals surface area contributed by atoms with Gasteiger partial charge in [-0.3, -0.25) is 4.79 Å². The van der Waals surface area contributed by atoms with Gasteiger partial charge in [0, 0.05) is 11.1 Å². The van der Waals surface area contributed by atoms with Crippen LogP contribution in [-0.4, -0.2) is 17.2 Å². The fraction of sp³-hybridized carbons (Fsp3) is 0.708. The van der Waals surface area contributed by atoms with E-state index in [9.17, 15) is 9.90 Å². The quantitative estimate of drug-likeness (QED) is 0.494. The van der Waals surface area contributed by atoms with Crippen LogP contribution in [0, 0.1) is 18.8 Å². The summed E-state index contributed by atoms with van der Waals surface area (Å²) in [4.78, 5) is 12.9. The SMILES string of the molecule is CCC[C@@H](C)[C@H](O)[C@H](C)C(=O)Oc1c(C(C)(C)C)cc(C)cc1C(C)(C)C. The van der Waals surface area contributed by atoms with E-state index in [0.29, 0.717) is 5.75 Å². The molecule has 0 amide bonds. The molecule has 0 saturated carbocycles. The van der Waals surface area contributed by atoms with E-state index in [2.05, 4.69) is 67.5 Å². The lowest BCUT2D eigenvalue weighted by Crippen LogP contribution is -2.34. The Bertz CT molecular complexity index is 612. The Labute approximate surface area is 166 Å². The topological polar surface area (TPSA) is 46.5 Å². The molecule has 0 radical (unpaired) electrons. The summed E-state index contributed by atoms with van der Waals surface area (Å²) in [7, 11) is 0. The lowest BCUT2D eigenvalue weighted by molar-refractivity contribution is -0.143. The fourth-order valence-corrected chi connectivity index (χ4v) is 3.45. The number of hydrogen-bond acceptors (Lipinski definition) is 3. The van der Waals surface area contributed by atoms with E-state index in [1.807, 2.05) is 6.92 Å². The maximum Gasteiger partial charge on any atom is 0.316 e. The van der Waals surface area contributed by atoms with Gasteiger partial charge in [-0.1, -0.05) is 79.5 Å². The summed E-state index contributed by atoms with van der Waals surface area (Å²) in [6.07, 6.45) is 1.18. The highest BCUT2D eigenvalue weighted by molar-refractivity contribution is 5.76. The Balaban J connectivity index is 3.34. The van der Waals surface area contributed by atoms with Crippen molar-refractivity contribution in [3.8, 4) is 5.75 Å². The zero-order valence-corrected chi connectivity index (χ0v) is 19.1. The summed E-state index contributed by atoms with van der Waals surface area (Å²) < 4.78 is 6.00. The molecule has 0 aromatic heterocycles. The summed E-state index contributed by atoms with van der Waals surface area (Å²) in [5.74, 6) is -0.189. The maximum atomic E-state index is 12.9. The molecule has 0 saturated heterocycles. The van der Waals surface area contributed by atoms with Crippen LogP contribution in [0.25, 0.3) is 0 Å². The summed E-state index contributed by atoms with van der Waals surface area (Å²) in [6.45, 7) is 20.7. The lowest BCUT2D eigenvalue weighted by Gasteiger charge is -2.31. The van der Waals surface area contributed by atoms with Crippen LogP contribution in [0.5, 0.6) is 5.75 Å². The Morgan fingerprint density at radius 2 is 1.48 bits per heavy atom. The number of aliphatic hydroxyl groups is 1. The average Bonchev–Trinajstić information content (AvgIpc) is 2.52. The summed E-state index contributed by atoms with van der Waals surface area (Å²) in [5.41, 5.74) is 2.92. The molecule has 154 valence electrons. The number of hydrogen-bond donors (Lipinski definition) is 1. The molecule has 27 heavy (non-hydrogen) atoms. The van der Waals surface area contributed by atoms with Gasteiger partial charge in [0.25, 0.3) is 0 Å². The third-order valence-electron chi connectivity index (χ3n) is 5.26. The molecule has 0 spiro atoms. The molecule has 3 heteroatoms. The van der Waals surface area contributed by atoms with Crippen LogP contribution in [0.2, 0.25) is 0 Å². The largest absolute Gasteiger partial charge is 0.426 e. The molecule has 0 aliphatic heterocycles. The third kappa shape index (κ3) is 6.07. The first-order valence-corrected chi connectivity index (χ1v) is 10.3. The van der Waals surface area contributed by atoms with Crippen molar-refractivity contribution in [2.45, 2.75) is 99.0 Å². The first-order chi connectivity index (χ1) is 12.2. The van der Waals surface area contributed by atoms with Gasteiger partial charge in [0.2, 0.25) is 0 Å². The number of carbonyl (C=O) groups excluding carboxylic acids is 1. The van der Waals surface area contributed by atoms with Crippen molar-refractivity contribution in [2.75, 3.05) is 0 Å². The molecule has 0 unspecified atom stereocenters. The minimum absolute atomic E-state index is 0.0692. The van der Waals surface area contributed by atoms with Crippen molar-refractivity contribution >= 4 is 5.97 Å². The van der Waals surface area contributed by atoms with Crippen molar-refractivity contribution in [2.24, 2.45) is 11.8 Å². The smallest absolute Gasteiger partial charge is 0.316 e. The van der Waals surface area contributed by atoms with Gasteiger partial charge in [-0.25, -0.2) is 0 Å². The monoisotopic (exact) mass is 376 g/mol. The first-order valence-electron chi connectivity index (χ1n) is 10.3. The van der Waals surface area contributed by atoms with E-state index in [-0.39, 0.29) is 22.7 Å². The third-order valence-corrected chi connectivity index (χ3v) is 5.26. The summed E-state index contributed by atoms with van der Waals surface area (Å²) in [6, 6.07) is 4.22. The zero-order valence-electron chi connectivity index (χ0n) is 19.1. The van der Waals surface area contributed by atoms with E-state index in [4.69, 9.17) is 4.74 Å². The lowest BCUT2D eigenvalue weighted by atomic mass is 9.78. The number of carbonyl (C=O) groups is 1. The highest BCUT2D eigenvalue weighted by Gasteiger charge is 2.32. The Kier molecular flexibility index (Phi) is 7.69. The van der Waals surface area contributed by atoms with Crippen LogP contribution in [0.15, 0.2) is 12.1 Å². The number of benzene rings is 1. The van der Waals surface area contributed by atoms with Gasteiger partial charge in [-0.15, -0.1) is 0 Å². The summed E-state index contributed by atoms with van der Waals surface area (Å²) in [5, 5.41) is 10.6. The molecule has 0 fully saturated rings. The van der Waals surface area contributed by atoms with Crippen molar-refractivity contribution in [1.29, 1.82) is 0 Å². The molecular weight excluding hydrogens is 336 g/mol. The van der Waals surface area contributed by atoms with Gasteiger partial charge in [0.15, 0.2) is 0 Å². The van der Waals surface area contributed by atoms with Gasteiger partial charge in [0.05, 0.1) is 12.0 Å².